The van der Waals surface area contributed by atoms with Crippen molar-refractivity contribution in [1.82, 2.24) is 0 Å². The molecule has 3 N–H and O–H groups in total. The van der Waals surface area contributed by atoms with E-state index in [1.165, 1.54) is 32.4 Å². The summed E-state index contributed by atoms with van der Waals surface area (Å²) in [7, 11) is 2.69. The third-order valence-electron chi connectivity index (χ3n) is 3.92. The van der Waals surface area contributed by atoms with E-state index < -0.39 is 11.8 Å². The smallest absolute Gasteiger partial charge is 0.345 e. The first kappa shape index (κ1) is 15.9. The number of ether oxygens (including phenoxy) is 3. The third-order valence-corrected chi connectivity index (χ3v) is 3.92. The zero-order valence-corrected chi connectivity index (χ0v) is 13.3. The second kappa shape index (κ2) is 5.31. The molecule has 24 heavy (non-hydrogen) atoms. The van der Waals surface area contributed by atoms with Gasteiger partial charge in [0.25, 0.3) is 5.79 Å². The molecule has 1 unspecified atom stereocenters. The first-order valence-corrected chi connectivity index (χ1v) is 7.07. The predicted molar refractivity (Wildman–Crippen MR) is 82.5 cm³/mol. The standard InChI is InChI=1S/C17H16O7/c1-8-4-11(15(19)13(5-8)23-3)17(21)10-6-9(18)7-12(22-2)14(10)16(20)24-17/h4-7,18-19,21H,1-3H3. The lowest BCUT2D eigenvalue weighted by Crippen LogP contribution is -2.27. The number of phenols is 2. The molecule has 0 fully saturated rings. The van der Waals surface area contributed by atoms with Gasteiger partial charge in [-0.25, -0.2) is 4.79 Å². The number of carbonyl (C=O) groups is 1. The number of methoxy groups -OCH3 is 2. The number of aliphatic hydroxyl groups is 1. The maximum Gasteiger partial charge on any atom is 0.345 e. The van der Waals surface area contributed by atoms with E-state index in [2.05, 4.69) is 0 Å². The number of esters is 1. The van der Waals surface area contributed by atoms with E-state index in [0.29, 0.717) is 5.56 Å². The van der Waals surface area contributed by atoms with Crippen LogP contribution in [0.5, 0.6) is 23.0 Å². The van der Waals surface area contributed by atoms with Crippen molar-refractivity contribution in [2.75, 3.05) is 14.2 Å². The van der Waals surface area contributed by atoms with Crippen molar-refractivity contribution in [3.8, 4) is 23.0 Å². The highest BCUT2D eigenvalue weighted by molar-refractivity contribution is 5.98. The first-order chi connectivity index (χ1) is 11.3. The normalized spacial score (nSPS) is 18.9. The van der Waals surface area contributed by atoms with Gasteiger partial charge in [-0.3, -0.25) is 0 Å². The molecule has 3 rings (SSSR count). The highest BCUT2D eigenvalue weighted by Crippen LogP contribution is 2.49. The molecule has 0 spiro atoms. The Labute approximate surface area is 137 Å². The number of hydrogen-bond donors (Lipinski definition) is 3. The monoisotopic (exact) mass is 332 g/mol. The predicted octanol–water partition coefficient (Wildman–Crippen LogP) is 1.79. The lowest BCUT2D eigenvalue weighted by atomic mass is 9.93. The number of hydrogen-bond acceptors (Lipinski definition) is 7. The summed E-state index contributed by atoms with van der Waals surface area (Å²) in [5.74, 6) is -3.51. The summed E-state index contributed by atoms with van der Waals surface area (Å²) in [5.41, 5.74) is 0.564. The van der Waals surface area contributed by atoms with Gasteiger partial charge in [0.1, 0.15) is 17.1 Å². The minimum absolute atomic E-state index is 0.0160. The molecule has 0 amide bonds. The topological polar surface area (TPSA) is 105 Å². The SMILES string of the molecule is COc1cc(C)cc(C2(O)OC(=O)c3c(OC)cc(O)cc32)c1O. The number of fused-ring (bicyclic) bond motifs is 1. The molecule has 126 valence electrons. The Balaban J connectivity index is 2.31. The highest BCUT2D eigenvalue weighted by atomic mass is 16.7. The average Bonchev–Trinajstić information content (AvgIpc) is 2.80. The molecule has 2 aromatic carbocycles. The number of rotatable bonds is 3. The van der Waals surface area contributed by atoms with Crippen LogP contribution in [0.25, 0.3) is 0 Å². The fourth-order valence-corrected chi connectivity index (χ4v) is 2.84. The van der Waals surface area contributed by atoms with Crippen molar-refractivity contribution in [3.05, 3.63) is 46.5 Å². The van der Waals surface area contributed by atoms with Crippen molar-refractivity contribution in [2.24, 2.45) is 0 Å². The molecule has 1 atom stereocenters. The third kappa shape index (κ3) is 2.13. The molecule has 1 aliphatic heterocycles. The van der Waals surface area contributed by atoms with Gasteiger partial charge >= 0.3 is 5.97 Å². The number of aryl methyl sites for hydroxylation is 1. The number of cyclic esters (lactones) is 1. The summed E-state index contributed by atoms with van der Waals surface area (Å²) in [6.07, 6.45) is 0. The van der Waals surface area contributed by atoms with Gasteiger partial charge in [-0.1, -0.05) is 0 Å². The van der Waals surface area contributed by atoms with Gasteiger partial charge in [-0.15, -0.1) is 0 Å². The van der Waals surface area contributed by atoms with Gasteiger partial charge in [0.15, 0.2) is 11.5 Å². The summed E-state index contributed by atoms with van der Waals surface area (Å²) in [4.78, 5) is 12.2. The minimum Gasteiger partial charge on any atom is -0.508 e. The molecule has 0 aromatic heterocycles. The van der Waals surface area contributed by atoms with Crippen LogP contribution in [0.1, 0.15) is 27.0 Å². The maximum atomic E-state index is 12.2. The molecular formula is C17H16O7. The quantitative estimate of drug-likeness (QED) is 0.736. The summed E-state index contributed by atoms with van der Waals surface area (Å²) in [6.45, 7) is 1.73. The van der Waals surface area contributed by atoms with E-state index in [4.69, 9.17) is 14.2 Å². The number of phenolic OH excluding ortho intramolecular Hbond substituents is 2. The van der Waals surface area contributed by atoms with Crippen LogP contribution in [0.15, 0.2) is 24.3 Å². The minimum atomic E-state index is -2.28. The molecule has 1 aliphatic rings. The highest BCUT2D eigenvalue weighted by Gasteiger charge is 2.50. The van der Waals surface area contributed by atoms with E-state index in [9.17, 15) is 20.1 Å². The molecule has 2 aromatic rings. The molecule has 7 nitrogen and oxygen atoms in total. The Morgan fingerprint density at radius 3 is 2.29 bits per heavy atom. The second-order valence-electron chi connectivity index (χ2n) is 5.47. The van der Waals surface area contributed by atoms with Gasteiger partial charge in [-0.2, -0.15) is 0 Å². The molecule has 1 heterocycles. The van der Waals surface area contributed by atoms with Crippen LogP contribution in [0.3, 0.4) is 0 Å². The van der Waals surface area contributed by atoms with Crippen molar-refractivity contribution >= 4 is 5.97 Å². The molecular weight excluding hydrogens is 316 g/mol. The Morgan fingerprint density at radius 2 is 1.67 bits per heavy atom. The molecule has 0 bridgehead atoms. The van der Waals surface area contributed by atoms with E-state index in [1.54, 1.807) is 13.0 Å². The lowest BCUT2D eigenvalue weighted by molar-refractivity contribution is -0.130. The zero-order chi connectivity index (χ0) is 17.6. The van der Waals surface area contributed by atoms with Gasteiger partial charge < -0.3 is 29.5 Å². The molecule has 0 radical (unpaired) electrons. The molecule has 7 heteroatoms. The van der Waals surface area contributed by atoms with Crippen molar-refractivity contribution in [3.63, 3.8) is 0 Å². The van der Waals surface area contributed by atoms with Crippen LogP contribution in [-0.4, -0.2) is 35.5 Å². The van der Waals surface area contributed by atoms with Gasteiger partial charge in [-0.05, 0) is 30.7 Å². The van der Waals surface area contributed by atoms with E-state index in [1.807, 2.05) is 0 Å². The fraction of sp³-hybridized carbons (Fsp3) is 0.235. The van der Waals surface area contributed by atoms with Gasteiger partial charge in [0.2, 0.25) is 0 Å². The van der Waals surface area contributed by atoms with E-state index in [0.717, 1.165) is 0 Å². The molecule has 0 aliphatic carbocycles. The van der Waals surface area contributed by atoms with Crippen LogP contribution < -0.4 is 9.47 Å². The van der Waals surface area contributed by atoms with Crippen LogP contribution in [0.2, 0.25) is 0 Å². The summed E-state index contributed by atoms with van der Waals surface area (Å²) in [5, 5.41) is 31.3. The Bertz CT molecular complexity index is 843. The zero-order valence-electron chi connectivity index (χ0n) is 13.3. The van der Waals surface area contributed by atoms with Gasteiger partial charge in [0, 0.05) is 6.07 Å². The number of aromatic hydroxyl groups is 2. The van der Waals surface area contributed by atoms with Gasteiger partial charge in [0.05, 0.1) is 25.3 Å². The average molecular weight is 332 g/mol. The molecule has 0 saturated carbocycles. The summed E-state index contributed by atoms with van der Waals surface area (Å²) < 4.78 is 15.3. The summed E-state index contributed by atoms with van der Waals surface area (Å²) in [6, 6.07) is 5.47. The Hall–Kier alpha value is -2.93. The van der Waals surface area contributed by atoms with Crippen molar-refractivity contribution in [1.29, 1.82) is 0 Å². The van der Waals surface area contributed by atoms with Crippen molar-refractivity contribution in [2.45, 2.75) is 12.7 Å². The number of benzene rings is 2. The molecule has 0 saturated heterocycles. The maximum absolute atomic E-state index is 12.2. The lowest BCUT2D eigenvalue weighted by Gasteiger charge is -2.25. The van der Waals surface area contributed by atoms with Crippen LogP contribution in [0.4, 0.5) is 0 Å². The second-order valence-corrected chi connectivity index (χ2v) is 5.47. The summed E-state index contributed by atoms with van der Waals surface area (Å²) >= 11 is 0. The van der Waals surface area contributed by atoms with Crippen molar-refractivity contribution < 1.29 is 34.3 Å². The first-order valence-electron chi connectivity index (χ1n) is 7.07. The van der Waals surface area contributed by atoms with E-state index >= 15 is 0 Å². The van der Waals surface area contributed by atoms with Crippen LogP contribution in [-0.2, 0) is 10.5 Å². The van der Waals surface area contributed by atoms with E-state index in [-0.39, 0.29) is 39.7 Å². The largest absolute Gasteiger partial charge is 0.508 e. The van der Waals surface area contributed by atoms with Crippen LogP contribution in [0, 0.1) is 6.92 Å². The number of carbonyl (C=O) groups excluding carboxylic acids is 1. The Morgan fingerprint density at radius 1 is 1.00 bits per heavy atom. The van der Waals surface area contributed by atoms with Crippen LogP contribution >= 0.6 is 0 Å². The Kier molecular flexibility index (Phi) is 3.53. The fourth-order valence-electron chi connectivity index (χ4n) is 2.84.